The van der Waals surface area contributed by atoms with Gasteiger partial charge >= 0.3 is 0 Å². The molecule has 0 atom stereocenters. The van der Waals surface area contributed by atoms with Crippen LogP contribution in [0.15, 0.2) is 54.7 Å². The average molecular weight is 401 g/mol. The second-order valence-electron chi connectivity index (χ2n) is 5.86. The molecule has 1 aromatic heterocycles. The molecule has 1 heterocycles. The number of benzene rings is 2. The molecule has 0 unspecified atom stereocenters. The van der Waals surface area contributed by atoms with Crippen molar-refractivity contribution in [1.82, 2.24) is 15.8 Å². The third-order valence-electron chi connectivity index (χ3n) is 3.75. The molecule has 0 aliphatic heterocycles. The number of halogens is 1. The second kappa shape index (κ2) is 8.20. The Morgan fingerprint density at radius 1 is 1.04 bits per heavy atom. The molecule has 0 aliphatic rings. The summed E-state index contributed by atoms with van der Waals surface area (Å²) in [5, 5.41) is 1.20. The van der Waals surface area contributed by atoms with Crippen LogP contribution < -0.4 is 15.8 Å². The fourth-order valence-corrected chi connectivity index (χ4v) is 3.44. The zero-order valence-electron chi connectivity index (χ0n) is 14.7. The van der Waals surface area contributed by atoms with E-state index in [4.69, 9.17) is 11.6 Å². The summed E-state index contributed by atoms with van der Waals surface area (Å²) in [7, 11) is 3.78. The van der Waals surface area contributed by atoms with Gasteiger partial charge in [0.05, 0.1) is 11.2 Å². The van der Waals surface area contributed by atoms with Crippen molar-refractivity contribution >= 4 is 40.4 Å². The zero-order chi connectivity index (χ0) is 19.4. The van der Waals surface area contributed by atoms with Gasteiger partial charge in [-0.3, -0.25) is 20.4 Å². The van der Waals surface area contributed by atoms with Gasteiger partial charge in [0.2, 0.25) is 0 Å². The van der Waals surface area contributed by atoms with Crippen LogP contribution in [-0.2, 0) is 0 Å². The summed E-state index contributed by atoms with van der Waals surface area (Å²) in [6, 6.07) is 14.4. The van der Waals surface area contributed by atoms with Gasteiger partial charge < -0.3 is 4.90 Å². The van der Waals surface area contributed by atoms with Crippen LogP contribution in [0.3, 0.4) is 0 Å². The van der Waals surface area contributed by atoms with Gasteiger partial charge in [0, 0.05) is 30.9 Å². The van der Waals surface area contributed by atoms with Gasteiger partial charge in [-0.2, -0.15) is 0 Å². The number of thiazole rings is 1. The van der Waals surface area contributed by atoms with Crippen LogP contribution in [0.25, 0.3) is 10.6 Å². The van der Waals surface area contributed by atoms with Crippen molar-refractivity contribution in [3.63, 3.8) is 0 Å². The van der Waals surface area contributed by atoms with E-state index in [2.05, 4.69) is 15.8 Å². The summed E-state index contributed by atoms with van der Waals surface area (Å²) < 4.78 is 0. The van der Waals surface area contributed by atoms with Crippen LogP contribution in [0, 0.1) is 0 Å². The molecule has 8 heteroatoms. The van der Waals surface area contributed by atoms with Gasteiger partial charge in [0.25, 0.3) is 11.8 Å². The van der Waals surface area contributed by atoms with Gasteiger partial charge in [-0.25, -0.2) is 4.98 Å². The normalized spacial score (nSPS) is 10.3. The first-order valence-corrected chi connectivity index (χ1v) is 9.24. The highest BCUT2D eigenvalue weighted by Crippen LogP contribution is 2.30. The molecule has 0 fully saturated rings. The van der Waals surface area contributed by atoms with Gasteiger partial charge in [-0.1, -0.05) is 35.9 Å². The number of nitrogens with zero attached hydrogens (tertiary/aromatic N) is 2. The topological polar surface area (TPSA) is 74.3 Å². The third kappa shape index (κ3) is 4.45. The quantitative estimate of drug-likeness (QED) is 0.656. The highest BCUT2D eigenvalue weighted by Gasteiger charge is 2.15. The first-order valence-electron chi connectivity index (χ1n) is 8.04. The van der Waals surface area contributed by atoms with Crippen molar-refractivity contribution in [2.24, 2.45) is 0 Å². The predicted molar refractivity (Wildman–Crippen MR) is 108 cm³/mol. The summed E-state index contributed by atoms with van der Waals surface area (Å²) in [6.07, 6.45) is 1.46. The van der Waals surface area contributed by atoms with Crippen LogP contribution in [-0.4, -0.2) is 30.9 Å². The molecule has 0 aliphatic carbocycles. The van der Waals surface area contributed by atoms with E-state index >= 15 is 0 Å². The molecule has 138 valence electrons. The number of hydrogen-bond acceptors (Lipinski definition) is 5. The molecule has 0 saturated carbocycles. The average Bonchev–Trinajstić information content (AvgIpc) is 3.16. The Kier molecular flexibility index (Phi) is 5.73. The summed E-state index contributed by atoms with van der Waals surface area (Å²) in [4.78, 5) is 31.0. The molecule has 0 bridgehead atoms. The maximum Gasteiger partial charge on any atom is 0.281 e. The van der Waals surface area contributed by atoms with E-state index in [0.717, 1.165) is 11.3 Å². The zero-order valence-corrected chi connectivity index (χ0v) is 16.3. The van der Waals surface area contributed by atoms with Crippen molar-refractivity contribution < 1.29 is 9.59 Å². The Morgan fingerprint density at radius 3 is 2.52 bits per heavy atom. The van der Waals surface area contributed by atoms with Crippen molar-refractivity contribution in [2.45, 2.75) is 0 Å². The van der Waals surface area contributed by atoms with Crippen molar-refractivity contribution in [2.75, 3.05) is 19.0 Å². The Morgan fingerprint density at radius 2 is 1.78 bits per heavy atom. The van der Waals surface area contributed by atoms with Crippen LogP contribution in [0.5, 0.6) is 0 Å². The fraction of sp³-hybridized carbons (Fsp3) is 0.105. The third-order valence-corrected chi connectivity index (χ3v) is 5.11. The number of aromatic nitrogens is 1. The number of amides is 2. The lowest BCUT2D eigenvalue weighted by molar-refractivity contribution is 0.0849. The Balaban J connectivity index is 1.65. The molecule has 0 saturated heterocycles. The van der Waals surface area contributed by atoms with Gasteiger partial charge in [0.1, 0.15) is 9.88 Å². The Hall–Kier alpha value is -2.90. The first kappa shape index (κ1) is 18.9. The lowest BCUT2D eigenvalue weighted by Crippen LogP contribution is -2.41. The largest absolute Gasteiger partial charge is 0.378 e. The Bertz CT molecular complexity index is 987. The summed E-state index contributed by atoms with van der Waals surface area (Å²) in [6.45, 7) is 0. The summed E-state index contributed by atoms with van der Waals surface area (Å²) in [5.74, 6) is -0.842. The van der Waals surface area contributed by atoms with E-state index in [1.807, 2.05) is 43.3 Å². The standard InChI is InChI=1S/C19H17ClN4O2S/c1-24(2)13-7-5-6-12(10-13)17(25)22-23-18(26)16-11-21-19(27-16)14-8-3-4-9-15(14)20/h3-11H,1-2H3,(H,22,25)(H,23,26). The number of hydrazine groups is 1. The smallest absolute Gasteiger partial charge is 0.281 e. The van der Waals surface area contributed by atoms with E-state index in [9.17, 15) is 9.59 Å². The molecular weight excluding hydrogens is 384 g/mol. The Labute approximate surface area is 165 Å². The van der Waals surface area contributed by atoms with E-state index < -0.39 is 11.8 Å². The van der Waals surface area contributed by atoms with Crippen LogP contribution in [0.1, 0.15) is 20.0 Å². The monoisotopic (exact) mass is 400 g/mol. The number of nitrogens with one attached hydrogen (secondary N) is 2. The SMILES string of the molecule is CN(C)c1cccc(C(=O)NNC(=O)c2cnc(-c3ccccc3Cl)s2)c1. The highest BCUT2D eigenvalue weighted by atomic mass is 35.5. The molecule has 0 spiro atoms. The number of hydrogen-bond donors (Lipinski definition) is 2. The molecular formula is C19H17ClN4O2S. The van der Waals surface area contributed by atoms with E-state index in [1.54, 1.807) is 24.3 Å². The van der Waals surface area contributed by atoms with Gasteiger partial charge in [0.15, 0.2) is 0 Å². The van der Waals surface area contributed by atoms with Crippen LogP contribution in [0.4, 0.5) is 5.69 Å². The van der Waals surface area contributed by atoms with E-state index in [0.29, 0.717) is 20.5 Å². The van der Waals surface area contributed by atoms with E-state index in [1.165, 1.54) is 17.5 Å². The first-order chi connectivity index (χ1) is 13.0. The molecule has 27 heavy (non-hydrogen) atoms. The minimum Gasteiger partial charge on any atom is -0.378 e. The molecule has 3 aromatic rings. The minimum atomic E-state index is -0.442. The molecule has 2 aromatic carbocycles. The van der Waals surface area contributed by atoms with Gasteiger partial charge in [-0.15, -0.1) is 11.3 Å². The van der Waals surface area contributed by atoms with Crippen LogP contribution in [0.2, 0.25) is 5.02 Å². The number of anilines is 1. The van der Waals surface area contributed by atoms with E-state index in [-0.39, 0.29) is 0 Å². The maximum absolute atomic E-state index is 12.3. The molecule has 3 rings (SSSR count). The minimum absolute atomic E-state index is 0.368. The van der Waals surface area contributed by atoms with Crippen LogP contribution >= 0.6 is 22.9 Å². The second-order valence-corrected chi connectivity index (χ2v) is 7.30. The highest BCUT2D eigenvalue weighted by molar-refractivity contribution is 7.17. The predicted octanol–water partition coefficient (Wildman–Crippen LogP) is 3.60. The number of carbonyl (C=O) groups excluding carboxylic acids is 2. The lowest BCUT2D eigenvalue weighted by Gasteiger charge is -2.13. The summed E-state index contributed by atoms with van der Waals surface area (Å²) in [5.41, 5.74) is 6.92. The number of rotatable bonds is 4. The summed E-state index contributed by atoms with van der Waals surface area (Å²) >= 11 is 7.36. The lowest BCUT2D eigenvalue weighted by atomic mass is 10.2. The molecule has 2 amide bonds. The molecule has 6 nitrogen and oxygen atoms in total. The fourth-order valence-electron chi connectivity index (χ4n) is 2.31. The molecule has 0 radical (unpaired) electrons. The van der Waals surface area contributed by atoms with Gasteiger partial charge in [-0.05, 0) is 24.3 Å². The van der Waals surface area contributed by atoms with Crippen molar-refractivity contribution in [3.05, 3.63) is 70.2 Å². The number of carbonyl (C=O) groups is 2. The maximum atomic E-state index is 12.3. The van der Waals surface area contributed by atoms with Crippen molar-refractivity contribution in [1.29, 1.82) is 0 Å². The van der Waals surface area contributed by atoms with Crippen molar-refractivity contribution in [3.8, 4) is 10.6 Å². The molecule has 2 N–H and O–H groups in total.